The van der Waals surface area contributed by atoms with Crippen LogP contribution in [0.15, 0.2) is 36.4 Å². The Morgan fingerprint density at radius 2 is 1.77 bits per heavy atom. The monoisotopic (exact) mass is 492 g/mol. The second kappa shape index (κ2) is 9.85. The van der Waals surface area contributed by atoms with Gasteiger partial charge < -0.3 is 4.74 Å². The number of morpholine rings is 1. The first kappa shape index (κ1) is 23.6. The number of anilines is 1. The summed E-state index contributed by atoms with van der Waals surface area (Å²) >= 11 is 1.47. The van der Waals surface area contributed by atoms with Crippen molar-refractivity contribution in [2.24, 2.45) is 0 Å². The number of ether oxygens (including phenoxy) is 1. The van der Waals surface area contributed by atoms with Crippen LogP contribution >= 0.6 is 11.3 Å². The Kier molecular flexibility index (Phi) is 6.64. The van der Waals surface area contributed by atoms with Crippen molar-refractivity contribution in [3.63, 3.8) is 0 Å². The van der Waals surface area contributed by atoms with Crippen LogP contribution in [-0.2, 0) is 9.53 Å². The number of nitrogens with zero attached hydrogens (tertiary/aromatic N) is 4. The molecule has 3 aromatic rings. The summed E-state index contributed by atoms with van der Waals surface area (Å²) < 4.78 is 6.44. The SMILES string of the molecule is Cc1cc(C)c2nc(N(CCCN3CCOCC3)C(=O)CN3C(=O)c4ccccc4C3=O)sc2c1. The molecule has 8 nitrogen and oxygen atoms in total. The number of hydrogen-bond acceptors (Lipinski definition) is 7. The number of rotatable bonds is 7. The van der Waals surface area contributed by atoms with Gasteiger partial charge in [-0.15, -0.1) is 0 Å². The smallest absolute Gasteiger partial charge is 0.262 e. The lowest BCUT2D eigenvalue weighted by atomic mass is 10.1. The second-order valence-electron chi connectivity index (χ2n) is 9.02. The Morgan fingerprint density at radius 3 is 2.46 bits per heavy atom. The highest BCUT2D eigenvalue weighted by Gasteiger charge is 2.37. The molecule has 9 heteroatoms. The predicted molar refractivity (Wildman–Crippen MR) is 135 cm³/mol. The zero-order chi connectivity index (χ0) is 24.5. The number of imide groups is 1. The Balaban J connectivity index is 1.38. The fourth-order valence-electron chi connectivity index (χ4n) is 4.68. The van der Waals surface area contributed by atoms with Gasteiger partial charge in [-0.3, -0.25) is 29.1 Å². The van der Waals surface area contributed by atoms with Gasteiger partial charge in [0.15, 0.2) is 5.13 Å². The van der Waals surface area contributed by atoms with E-state index in [1.165, 1.54) is 11.3 Å². The molecule has 0 atom stereocenters. The molecule has 1 aromatic heterocycles. The molecule has 2 aliphatic rings. The Labute approximate surface area is 208 Å². The molecular formula is C26H28N4O4S. The molecule has 0 spiro atoms. The van der Waals surface area contributed by atoms with E-state index in [-0.39, 0.29) is 12.5 Å². The van der Waals surface area contributed by atoms with E-state index in [0.717, 1.165) is 65.5 Å². The lowest BCUT2D eigenvalue weighted by Crippen LogP contribution is -2.44. The lowest BCUT2D eigenvalue weighted by Gasteiger charge is -2.28. The third-order valence-electron chi connectivity index (χ3n) is 6.48. The Morgan fingerprint density at radius 1 is 1.09 bits per heavy atom. The maximum atomic E-state index is 13.6. The normalized spacial score (nSPS) is 16.2. The summed E-state index contributed by atoms with van der Waals surface area (Å²) in [5.41, 5.74) is 3.76. The van der Waals surface area contributed by atoms with Crippen LogP contribution in [0.4, 0.5) is 5.13 Å². The number of carbonyl (C=O) groups is 3. The summed E-state index contributed by atoms with van der Waals surface area (Å²) in [5, 5.41) is 0.595. The largest absolute Gasteiger partial charge is 0.379 e. The topological polar surface area (TPSA) is 83.1 Å². The minimum absolute atomic E-state index is 0.308. The molecule has 2 aromatic carbocycles. The minimum Gasteiger partial charge on any atom is -0.379 e. The summed E-state index contributed by atoms with van der Waals surface area (Å²) in [6.45, 7) is 8.24. The van der Waals surface area contributed by atoms with E-state index in [2.05, 4.69) is 17.0 Å². The van der Waals surface area contributed by atoms with Crippen LogP contribution in [0.3, 0.4) is 0 Å². The molecule has 0 saturated carbocycles. The van der Waals surface area contributed by atoms with E-state index < -0.39 is 11.8 Å². The first-order chi connectivity index (χ1) is 16.9. The zero-order valence-corrected chi connectivity index (χ0v) is 20.8. The van der Waals surface area contributed by atoms with Gasteiger partial charge in [0.2, 0.25) is 5.91 Å². The van der Waals surface area contributed by atoms with Crippen LogP contribution in [-0.4, -0.2) is 78.4 Å². The molecule has 3 amide bonds. The minimum atomic E-state index is -0.428. The van der Waals surface area contributed by atoms with Crippen LogP contribution in [0, 0.1) is 13.8 Å². The number of carbonyl (C=O) groups excluding carboxylic acids is 3. The molecule has 35 heavy (non-hydrogen) atoms. The van der Waals surface area contributed by atoms with Gasteiger partial charge in [-0.05, 0) is 49.6 Å². The van der Waals surface area contributed by atoms with Crippen LogP contribution < -0.4 is 4.90 Å². The summed E-state index contributed by atoms with van der Waals surface area (Å²) in [5.74, 6) is -1.17. The molecule has 0 radical (unpaired) electrons. The molecule has 1 saturated heterocycles. The Bertz CT molecular complexity index is 1260. The number of hydrogen-bond donors (Lipinski definition) is 0. The van der Waals surface area contributed by atoms with E-state index in [1.807, 2.05) is 13.8 Å². The van der Waals surface area contributed by atoms with Gasteiger partial charge in [-0.25, -0.2) is 4.98 Å². The van der Waals surface area contributed by atoms with Crippen molar-refractivity contribution in [1.29, 1.82) is 0 Å². The maximum Gasteiger partial charge on any atom is 0.262 e. The van der Waals surface area contributed by atoms with Crippen LogP contribution in [0.5, 0.6) is 0 Å². The molecule has 182 valence electrons. The van der Waals surface area contributed by atoms with Crippen molar-refractivity contribution in [1.82, 2.24) is 14.8 Å². The first-order valence-electron chi connectivity index (χ1n) is 11.9. The molecule has 0 bridgehead atoms. The van der Waals surface area contributed by atoms with E-state index >= 15 is 0 Å². The lowest BCUT2D eigenvalue weighted by molar-refractivity contribution is -0.119. The highest BCUT2D eigenvalue weighted by Crippen LogP contribution is 2.32. The third-order valence-corrected chi connectivity index (χ3v) is 7.51. The fraction of sp³-hybridized carbons (Fsp3) is 0.385. The molecular weight excluding hydrogens is 464 g/mol. The van der Waals surface area contributed by atoms with E-state index in [0.29, 0.717) is 22.8 Å². The summed E-state index contributed by atoms with van der Waals surface area (Å²) in [6, 6.07) is 10.8. The van der Waals surface area contributed by atoms with E-state index in [1.54, 1.807) is 29.2 Å². The number of amides is 3. The molecule has 0 N–H and O–H groups in total. The van der Waals surface area contributed by atoms with Crippen LogP contribution in [0.2, 0.25) is 0 Å². The van der Waals surface area contributed by atoms with E-state index in [9.17, 15) is 14.4 Å². The van der Waals surface area contributed by atoms with Gasteiger partial charge in [0.05, 0.1) is 34.6 Å². The van der Waals surface area contributed by atoms with E-state index in [4.69, 9.17) is 9.72 Å². The number of thiazole rings is 1. The van der Waals surface area contributed by atoms with Gasteiger partial charge in [0, 0.05) is 26.2 Å². The Hall–Kier alpha value is -3.14. The fourth-order valence-corrected chi connectivity index (χ4v) is 5.87. The molecule has 3 heterocycles. The standard InChI is InChI=1S/C26H28N4O4S/c1-17-14-18(2)23-21(15-17)35-26(27-23)29(9-5-8-28-10-12-34-13-11-28)22(31)16-30-24(32)19-6-3-4-7-20(19)25(30)33/h3-4,6-7,14-15H,5,8-13,16H2,1-2H3. The predicted octanol–water partition coefficient (Wildman–Crippen LogP) is 3.26. The molecule has 5 rings (SSSR count). The molecule has 0 aliphatic carbocycles. The second-order valence-corrected chi connectivity index (χ2v) is 10.0. The van der Waals surface area contributed by atoms with Gasteiger partial charge in [0.25, 0.3) is 11.8 Å². The number of aryl methyl sites for hydroxylation is 2. The van der Waals surface area contributed by atoms with Crippen LogP contribution in [0.1, 0.15) is 38.3 Å². The summed E-state index contributed by atoms with van der Waals surface area (Å²) in [7, 11) is 0. The average Bonchev–Trinajstić information content (AvgIpc) is 3.38. The average molecular weight is 493 g/mol. The number of aromatic nitrogens is 1. The molecule has 1 fully saturated rings. The number of fused-ring (bicyclic) bond motifs is 2. The summed E-state index contributed by atoms with van der Waals surface area (Å²) in [6.07, 6.45) is 0.752. The maximum absolute atomic E-state index is 13.6. The zero-order valence-electron chi connectivity index (χ0n) is 20.0. The first-order valence-corrected chi connectivity index (χ1v) is 12.7. The molecule has 2 aliphatic heterocycles. The van der Waals surface area contributed by atoms with Gasteiger partial charge in [0.1, 0.15) is 6.54 Å². The van der Waals surface area contributed by atoms with Crippen molar-refractivity contribution in [3.8, 4) is 0 Å². The highest BCUT2D eigenvalue weighted by atomic mass is 32.1. The highest BCUT2D eigenvalue weighted by molar-refractivity contribution is 7.22. The van der Waals surface area contributed by atoms with Gasteiger partial charge in [-0.1, -0.05) is 29.5 Å². The van der Waals surface area contributed by atoms with Gasteiger partial charge >= 0.3 is 0 Å². The van der Waals surface area contributed by atoms with Crippen molar-refractivity contribution in [2.75, 3.05) is 50.8 Å². The van der Waals surface area contributed by atoms with Gasteiger partial charge in [-0.2, -0.15) is 0 Å². The quantitative estimate of drug-likeness (QED) is 0.471. The van der Waals surface area contributed by atoms with Crippen molar-refractivity contribution >= 4 is 44.4 Å². The summed E-state index contributed by atoms with van der Waals surface area (Å²) in [4.78, 5) is 49.1. The van der Waals surface area contributed by atoms with Crippen molar-refractivity contribution < 1.29 is 19.1 Å². The van der Waals surface area contributed by atoms with Crippen LogP contribution in [0.25, 0.3) is 10.2 Å². The molecule has 0 unspecified atom stereocenters. The third kappa shape index (κ3) is 4.71. The van der Waals surface area contributed by atoms with Crippen molar-refractivity contribution in [2.45, 2.75) is 20.3 Å². The number of benzene rings is 2. The van der Waals surface area contributed by atoms with Crippen molar-refractivity contribution in [3.05, 3.63) is 58.7 Å².